The Labute approximate surface area is 220 Å². The number of benzene rings is 1. The number of alkyl carbamates (subject to hydrolysis) is 1. The number of carbonyl (C=O) groups is 3. The van der Waals surface area contributed by atoms with E-state index in [1.54, 1.807) is 24.4 Å². The number of carboxylic acid groups (broad SMARTS) is 1. The van der Waals surface area contributed by atoms with E-state index < -0.39 is 12.2 Å². The minimum Gasteiger partial charge on any atom is -0.478 e. The summed E-state index contributed by atoms with van der Waals surface area (Å²) in [5.41, 5.74) is 2.59. The molecular weight excluding hydrogens is 490 g/mol. The van der Waals surface area contributed by atoms with Crippen LogP contribution in [-0.2, 0) is 16.1 Å². The number of ether oxygens (including phenoxy) is 2. The second-order valence-corrected chi connectivity index (χ2v) is 9.05. The summed E-state index contributed by atoms with van der Waals surface area (Å²) in [7, 11) is 0. The van der Waals surface area contributed by atoms with Crippen molar-refractivity contribution >= 4 is 34.8 Å². The van der Waals surface area contributed by atoms with Gasteiger partial charge in [-0.2, -0.15) is 0 Å². The van der Waals surface area contributed by atoms with E-state index in [4.69, 9.17) is 14.6 Å². The highest BCUT2D eigenvalue weighted by Crippen LogP contribution is 2.28. The van der Waals surface area contributed by atoms with Crippen molar-refractivity contribution < 1.29 is 29.0 Å². The van der Waals surface area contributed by atoms with Crippen LogP contribution < -0.4 is 20.7 Å². The van der Waals surface area contributed by atoms with Gasteiger partial charge in [-0.05, 0) is 49.8 Å². The van der Waals surface area contributed by atoms with Crippen molar-refractivity contribution in [3.05, 3.63) is 60.3 Å². The first-order chi connectivity index (χ1) is 18.5. The largest absolute Gasteiger partial charge is 0.478 e. The normalized spacial score (nSPS) is 16.8. The second kappa shape index (κ2) is 13.2. The fourth-order valence-electron chi connectivity index (χ4n) is 4.31. The minimum absolute atomic E-state index is 0.116. The van der Waals surface area contributed by atoms with Gasteiger partial charge in [-0.3, -0.25) is 9.78 Å². The van der Waals surface area contributed by atoms with Crippen LogP contribution >= 0.6 is 0 Å². The van der Waals surface area contributed by atoms with Crippen LogP contribution in [0.15, 0.2) is 54.7 Å². The summed E-state index contributed by atoms with van der Waals surface area (Å²) in [5, 5.41) is 17.0. The van der Waals surface area contributed by atoms with E-state index in [0.29, 0.717) is 67.9 Å². The third-order valence-electron chi connectivity index (χ3n) is 6.29. The highest BCUT2D eigenvalue weighted by Gasteiger charge is 2.27. The molecule has 4 rings (SSSR count). The lowest BCUT2D eigenvalue weighted by Gasteiger charge is -2.27. The molecule has 200 valence electrons. The molecule has 3 aromatic rings. The predicted octanol–water partition coefficient (Wildman–Crippen LogP) is 4.09. The molecule has 1 fully saturated rings. The lowest BCUT2D eigenvalue weighted by atomic mass is 9.85. The van der Waals surface area contributed by atoms with Crippen LogP contribution in [0.4, 0.5) is 15.3 Å². The molecule has 0 spiro atoms. The van der Waals surface area contributed by atoms with Gasteiger partial charge in [-0.1, -0.05) is 30.3 Å². The summed E-state index contributed by atoms with van der Waals surface area (Å²) in [4.78, 5) is 44.4. The molecule has 0 atom stereocenters. The molecule has 0 radical (unpaired) electrons. The molecule has 4 N–H and O–H groups in total. The zero-order valence-electron chi connectivity index (χ0n) is 20.9. The number of fused-ring (bicyclic) bond motifs is 1. The van der Waals surface area contributed by atoms with E-state index in [9.17, 15) is 14.4 Å². The highest BCUT2D eigenvalue weighted by molar-refractivity contribution is 6.00. The number of pyridine rings is 2. The Morgan fingerprint density at radius 1 is 1.00 bits per heavy atom. The molecule has 0 aliphatic heterocycles. The number of anilines is 1. The van der Waals surface area contributed by atoms with E-state index in [0.717, 1.165) is 5.56 Å². The van der Waals surface area contributed by atoms with E-state index >= 15 is 0 Å². The van der Waals surface area contributed by atoms with Crippen molar-refractivity contribution in [2.24, 2.45) is 5.92 Å². The number of hydrogen-bond acceptors (Lipinski definition) is 7. The van der Waals surface area contributed by atoms with Crippen LogP contribution in [0.2, 0.25) is 0 Å². The van der Waals surface area contributed by atoms with Gasteiger partial charge in [0.1, 0.15) is 12.1 Å². The lowest BCUT2D eigenvalue weighted by Crippen LogP contribution is -2.38. The van der Waals surface area contributed by atoms with Crippen LogP contribution in [0, 0.1) is 5.92 Å². The Bertz CT molecular complexity index is 1250. The molecule has 11 nitrogen and oxygen atoms in total. The Hall–Kier alpha value is -4.41. The van der Waals surface area contributed by atoms with Gasteiger partial charge >= 0.3 is 12.2 Å². The quantitative estimate of drug-likeness (QED) is 0.291. The number of aromatic nitrogens is 2. The van der Waals surface area contributed by atoms with Crippen molar-refractivity contribution in [3.63, 3.8) is 0 Å². The first-order valence-corrected chi connectivity index (χ1v) is 12.6. The molecule has 11 heteroatoms. The molecule has 1 aliphatic rings. The standard InChI is InChI=1S/C27H31N5O6/c33-25(19-7-9-20(10-8-19)30-26(34)35)31-22-13-15-28-21-11-12-23(32-24(21)22)37-16-4-14-29-27(36)38-17-18-5-2-1-3-6-18/h1-3,5-6,11-13,15,19-20,30H,4,7-10,14,16-17H2,(H,29,36)(H,34,35)(H,28,31,33). The average Bonchev–Trinajstić information content (AvgIpc) is 2.92. The molecule has 0 saturated heterocycles. The zero-order valence-corrected chi connectivity index (χ0v) is 20.9. The summed E-state index contributed by atoms with van der Waals surface area (Å²) >= 11 is 0. The first-order valence-electron chi connectivity index (χ1n) is 12.6. The maximum Gasteiger partial charge on any atom is 0.407 e. The molecule has 1 aromatic carbocycles. The van der Waals surface area contributed by atoms with E-state index in [-0.39, 0.29) is 24.5 Å². The fourth-order valence-corrected chi connectivity index (χ4v) is 4.31. The maximum absolute atomic E-state index is 12.9. The Morgan fingerprint density at radius 2 is 1.79 bits per heavy atom. The van der Waals surface area contributed by atoms with Crippen LogP contribution in [0.5, 0.6) is 5.88 Å². The van der Waals surface area contributed by atoms with Crippen LogP contribution in [0.25, 0.3) is 11.0 Å². The van der Waals surface area contributed by atoms with Gasteiger partial charge in [0.25, 0.3) is 0 Å². The SMILES string of the molecule is O=C(O)NC1CCC(C(=O)Nc2ccnc3ccc(OCCCNC(=O)OCc4ccccc4)nc23)CC1. The third-order valence-corrected chi connectivity index (χ3v) is 6.29. The second-order valence-electron chi connectivity index (χ2n) is 9.05. The molecule has 2 heterocycles. The molecule has 3 amide bonds. The van der Waals surface area contributed by atoms with Gasteiger partial charge in [0, 0.05) is 30.8 Å². The molecule has 38 heavy (non-hydrogen) atoms. The maximum atomic E-state index is 12.9. The van der Waals surface area contributed by atoms with E-state index in [1.807, 2.05) is 30.3 Å². The van der Waals surface area contributed by atoms with Crippen molar-refractivity contribution in [1.82, 2.24) is 20.6 Å². The summed E-state index contributed by atoms with van der Waals surface area (Å²) in [6.07, 6.45) is 3.09. The number of hydrogen-bond donors (Lipinski definition) is 4. The van der Waals surface area contributed by atoms with Crippen molar-refractivity contribution in [2.75, 3.05) is 18.5 Å². The summed E-state index contributed by atoms with van der Waals surface area (Å²) in [6.45, 7) is 0.918. The number of carbonyl (C=O) groups excluding carboxylic acids is 2. The fraction of sp³-hybridized carbons (Fsp3) is 0.370. The number of nitrogens with one attached hydrogen (secondary N) is 3. The van der Waals surface area contributed by atoms with Crippen molar-refractivity contribution in [2.45, 2.75) is 44.8 Å². The first kappa shape index (κ1) is 26.6. The molecule has 0 unspecified atom stereocenters. The lowest BCUT2D eigenvalue weighted by molar-refractivity contribution is -0.120. The van der Waals surface area contributed by atoms with Crippen LogP contribution in [0.3, 0.4) is 0 Å². The molecule has 0 bridgehead atoms. The number of rotatable bonds is 10. The molecule has 1 saturated carbocycles. The third kappa shape index (κ3) is 7.79. The molecular formula is C27H31N5O6. The monoisotopic (exact) mass is 521 g/mol. The van der Waals surface area contributed by atoms with Crippen LogP contribution in [0.1, 0.15) is 37.7 Å². The number of amides is 3. The van der Waals surface area contributed by atoms with Crippen molar-refractivity contribution in [3.8, 4) is 5.88 Å². The van der Waals surface area contributed by atoms with Gasteiger partial charge in [-0.15, -0.1) is 0 Å². The van der Waals surface area contributed by atoms with Gasteiger partial charge in [0.2, 0.25) is 11.8 Å². The van der Waals surface area contributed by atoms with E-state index in [2.05, 4.69) is 25.9 Å². The van der Waals surface area contributed by atoms with E-state index in [1.165, 1.54) is 0 Å². The Kier molecular flexibility index (Phi) is 9.27. The van der Waals surface area contributed by atoms with Gasteiger partial charge in [0.15, 0.2) is 0 Å². The zero-order chi connectivity index (χ0) is 26.7. The predicted molar refractivity (Wildman–Crippen MR) is 140 cm³/mol. The van der Waals surface area contributed by atoms with Crippen LogP contribution in [-0.4, -0.2) is 52.4 Å². The van der Waals surface area contributed by atoms with Gasteiger partial charge in [0.05, 0.1) is 17.8 Å². The van der Waals surface area contributed by atoms with Crippen molar-refractivity contribution in [1.29, 1.82) is 0 Å². The van der Waals surface area contributed by atoms with Gasteiger partial charge < -0.3 is 30.5 Å². The molecule has 1 aliphatic carbocycles. The topological polar surface area (TPSA) is 152 Å². The summed E-state index contributed by atoms with van der Waals surface area (Å²) in [5.74, 6) is 0.0638. The van der Waals surface area contributed by atoms with Gasteiger partial charge in [-0.25, -0.2) is 14.6 Å². The summed E-state index contributed by atoms with van der Waals surface area (Å²) < 4.78 is 10.9. The Morgan fingerprint density at radius 3 is 2.55 bits per heavy atom. The Balaban J connectivity index is 1.23. The summed E-state index contributed by atoms with van der Waals surface area (Å²) in [6, 6.07) is 14.5. The molecule has 2 aromatic heterocycles. The highest BCUT2D eigenvalue weighted by atomic mass is 16.5. The minimum atomic E-state index is -1.04. The average molecular weight is 522 g/mol. The smallest absolute Gasteiger partial charge is 0.407 e. The number of nitrogens with zero attached hydrogens (tertiary/aromatic N) is 2.